The number of hydrogen-bond acceptors (Lipinski definition) is 11. The number of likely N-dealkylation sites (tertiary alicyclic amines) is 1. The van der Waals surface area contributed by atoms with Gasteiger partial charge in [-0.3, -0.25) is 28.8 Å². The van der Waals surface area contributed by atoms with Gasteiger partial charge in [0, 0.05) is 57.5 Å². The molecule has 5 aromatic rings. The number of carbonyl (C=O) groups excluding carboxylic acids is 3. The first kappa shape index (κ1) is 42.0. The van der Waals surface area contributed by atoms with Gasteiger partial charge < -0.3 is 24.6 Å². The second-order valence-electron chi connectivity index (χ2n) is 17.7. The number of imidazole rings is 1. The molecule has 4 saturated heterocycles. The van der Waals surface area contributed by atoms with Crippen LogP contribution in [0.2, 0.25) is 0 Å². The normalized spacial score (nSPS) is 24.1. The number of aryl methyl sites for hydroxylation is 1. The van der Waals surface area contributed by atoms with Crippen LogP contribution in [0.1, 0.15) is 103 Å². The van der Waals surface area contributed by atoms with E-state index >= 15 is 0 Å². The fourth-order valence-electron chi connectivity index (χ4n) is 10.4. The van der Waals surface area contributed by atoms with Crippen LogP contribution in [-0.2, 0) is 26.1 Å². The maximum Gasteiger partial charge on any atom is 0.329 e. The van der Waals surface area contributed by atoms with Crippen LogP contribution >= 0.6 is 0 Å². The van der Waals surface area contributed by atoms with Crippen molar-refractivity contribution in [1.29, 1.82) is 0 Å². The summed E-state index contributed by atoms with van der Waals surface area (Å²) >= 11 is 0. The molecule has 5 fully saturated rings. The fourth-order valence-corrected chi connectivity index (χ4v) is 10.4. The van der Waals surface area contributed by atoms with Gasteiger partial charge in [-0.2, -0.15) is 5.10 Å². The van der Waals surface area contributed by atoms with E-state index in [1.54, 1.807) is 31.4 Å². The number of halogens is 2. The number of morpholine rings is 1. The Morgan fingerprint density at radius 2 is 1.86 bits per heavy atom. The molecule has 1 aromatic carbocycles. The summed E-state index contributed by atoms with van der Waals surface area (Å²) in [5.41, 5.74) is 2.27. The summed E-state index contributed by atoms with van der Waals surface area (Å²) in [6.07, 6.45) is 7.39. The van der Waals surface area contributed by atoms with E-state index in [9.17, 15) is 28.0 Å². The standard InChI is InChI=1S/C46H50F2N10O6/c1-54-41-29(4-2-6-36(41)58(46(54)62)37-13-14-39(59)53-45(37)61)5-3-21-63-31-15-18-55(19-16-31)24-27-7-9-28(10-8-27)34-11-12-35(40(50-34)42(47)48)51-44(60)33-23-49-57-20-17-38(52-43(33)57)56-25-32-22-30(56)26-64-32/h2,4,6,11-12,17,20,23,27-28,30-32,37,42H,7-10,13-16,18-19,21-22,24-26H2,1H3,(H,51,60)(H,53,59,61)/t27?,28?,30-,32-,37?/m1/s1. The summed E-state index contributed by atoms with van der Waals surface area (Å²) in [4.78, 5) is 64.9. The predicted octanol–water partition coefficient (Wildman–Crippen LogP) is 4.73. The number of para-hydroxylation sites is 1. The van der Waals surface area contributed by atoms with Gasteiger partial charge in [0.05, 0.1) is 53.3 Å². The van der Waals surface area contributed by atoms with Crippen LogP contribution in [0, 0.1) is 17.8 Å². The number of rotatable bonds is 10. The minimum atomic E-state index is -2.87. The fraction of sp³-hybridized carbons (Fsp3) is 0.500. The summed E-state index contributed by atoms with van der Waals surface area (Å²) < 4.78 is 45.3. The number of imide groups is 1. The van der Waals surface area contributed by atoms with Gasteiger partial charge >= 0.3 is 5.69 Å². The first-order valence-electron chi connectivity index (χ1n) is 22.3. The largest absolute Gasteiger partial charge is 0.374 e. The third-order valence-corrected chi connectivity index (χ3v) is 13.7. The van der Waals surface area contributed by atoms with Crippen molar-refractivity contribution in [2.75, 3.05) is 49.6 Å². The van der Waals surface area contributed by atoms with Gasteiger partial charge in [0.25, 0.3) is 12.3 Å². The molecule has 8 heterocycles. The van der Waals surface area contributed by atoms with Crippen LogP contribution in [0.5, 0.6) is 0 Å². The molecule has 0 radical (unpaired) electrons. The molecule has 18 heteroatoms. The van der Waals surface area contributed by atoms with E-state index in [2.05, 4.69) is 42.4 Å². The zero-order valence-electron chi connectivity index (χ0n) is 35.5. The molecule has 3 atom stereocenters. The highest BCUT2D eigenvalue weighted by Gasteiger charge is 2.40. The number of amides is 3. The summed E-state index contributed by atoms with van der Waals surface area (Å²) in [6, 6.07) is 10.1. The lowest BCUT2D eigenvalue weighted by atomic mass is 9.80. The number of alkyl halides is 2. The number of carbonyl (C=O) groups is 3. The smallest absolute Gasteiger partial charge is 0.329 e. The van der Waals surface area contributed by atoms with E-state index in [0.717, 1.165) is 76.9 Å². The van der Waals surface area contributed by atoms with Crippen molar-refractivity contribution in [1.82, 2.24) is 38.9 Å². The van der Waals surface area contributed by atoms with Crippen LogP contribution in [0.15, 0.2) is 53.6 Å². The summed E-state index contributed by atoms with van der Waals surface area (Å²) in [6.45, 7) is 4.44. The van der Waals surface area contributed by atoms with Crippen LogP contribution < -0.4 is 21.2 Å². The number of nitrogens with one attached hydrogen (secondary N) is 2. The minimum Gasteiger partial charge on any atom is -0.374 e. The molecule has 4 aliphatic heterocycles. The van der Waals surface area contributed by atoms with Gasteiger partial charge in [-0.15, -0.1) is 0 Å². The topological polar surface area (TPSA) is 170 Å². The molecule has 334 valence electrons. The third-order valence-electron chi connectivity index (χ3n) is 13.7. The number of nitrogens with zero attached hydrogens (tertiary/aromatic N) is 8. The molecular weight excluding hydrogens is 827 g/mol. The van der Waals surface area contributed by atoms with Gasteiger partial charge in [0.2, 0.25) is 11.8 Å². The van der Waals surface area contributed by atoms with Crippen LogP contribution in [-0.4, -0.2) is 109 Å². The van der Waals surface area contributed by atoms with Crippen LogP contribution in [0.3, 0.4) is 0 Å². The Morgan fingerprint density at radius 3 is 2.61 bits per heavy atom. The number of fused-ring (bicyclic) bond motifs is 4. The highest BCUT2D eigenvalue weighted by Crippen LogP contribution is 2.38. The lowest BCUT2D eigenvalue weighted by Gasteiger charge is -2.36. The molecule has 1 saturated carbocycles. The molecular formula is C46H50F2N10O6. The van der Waals surface area contributed by atoms with Crippen molar-refractivity contribution in [3.05, 3.63) is 81.8 Å². The molecule has 2 bridgehead atoms. The van der Waals surface area contributed by atoms with E-state index in [4.69, 9.17) is 14.5 Å². The molecule has 2 N–H and O–H groups in total. The maximum atomic E-state index is 14.5. The Labute approximate surface area is 367 Å². The van der Waals surface area contributed by atoms with E-state index in [-0.39, 0.29) is 66.5 Å². The van der Waals surface area contributed by atoms with Gasteiger partial charge in [-0.05, 0) is 87.6 Å². The van der Waals surface area contributed by atoms with Gasteiger partial charge in [0.15, 0.2) is 5.65 Å². The van der Waals surface area contributed by atoms with Crippen molar-refractivity contribution in [3.8, 4) is 11.8 Å². The van der Waals surface area contributed by atoms with Crippen molar-refractivity contribution in [2.45, 2.75) is 94.4 Å². The number of anilines is 2. The molecule has 1 unspecified atom stereocenters. The predicted molar refractivity (Wildman–Crippen MR) is 231 cm³/mol. The second kappa shape index (κ2) is 17.5. The van der Waals surface area contributed by atoms with Gasteiger partial charge in [0.1, 0.15) is 29.7 Å². The summed E-state index contributed by atoms with van der Waals surface area (Å²) in [7, 11) is 1.66. The molecule has 4 aromatic heterocycles. The van der Waals surface area contributed by atoms with E-state index in [0.29, 0.717) is 40.5 Å². The van der Waals surface area contributed by atoms with Crippen LogP contribution in [0.25, 0.3) is 16.7 Å². The lowest BCUT2D eigenvalue weighted by molar-refractivity contribution is -0.135. The number of hydrogen-bond donors (Lipinski definition) is 2. The SMILES string of the molecule is Cn1c(=O)n(C2CCC(=O)NC2=O)c2cccc(C#CCOC3CCN(CC4CCC(c5ccc(NC(=O)c6cnn7ccc(N8C[C@H]9C[C@@H]8CO9)nc67)c(C(F)F)n5)CC4)CC3)c21. The molecule has 16 nitrogen and oxygen atoms in total. The maximum absolute atomic E-state index is 14.5. The number of pyridine rings is 1. The zero-order valence-corrected chi connectivity index (χ0v) is 35.5. The first-order valence-corrected chi connectivity index (χ1v) is 22.3. The number of piperidine rings is 2. The Balaban J connectivity index is 0.696. The van der Waals surface area contributed by atoms with E-state index in [1.165, 1.54) is 19.8 Å². The Hall–Kier alpha value is -6.03. The highest BCUT2D eigenvalue weighted by molar-refractivity contribution is 6.08. The number of benzene rings is 1. The van der Waals surface area contributed by atoms with E-state index < -0.39 is 30.0 Å². The lowest BCUT2D eigenvalue weighted by Crippen LogP contribution is -2.44. The minimum absolute atomic E-state index is 0.0219. The number of aromatic nitrogens is 6. The second-order valence-corrected chi connectivity index (χ2v) is 17.7. The quantitative estimate of drug-likeness (QED) is 0.147. The Kier molecular flexibility index (Phi) is 11.5. The van der Waals surface area contributed by atoms with Crippen molar-refractivity contribution in [2.24, 2.45) is 13.0 Å². The number of ether oxygens (including phenoxy) is 2. The zero-order chi connectivity index (χ0) is 44.1. The molecule has 5 aliphatic rings. The van der Waals surface area contributed by atoms with Gasteiger partial charge in [-0.25, -0.2) is 28.1 Å². The average molecular weight is 877 g/mol. The highest BCUT2D eigenvalue weighted by atomic mass is 19.3. The van der Waals surface area contributed by atoms with E-state index in [1.807, 2.05) is 18.2 Å². The molecule has 0 spiro atoms. The summed E-state index contributed by atoms with van der Waals surface area (Å²) in [5.74, 6) is 6.20. The van der Waals surface area contributed by atoms with Crippen molar-refractivity contribution in [3.63, 3.8) is 0 Å². The van der Waals surface area contributed by atoms with Crippen molar-refractivity contribution >= 4 is 45.9 Å². The molecule has 1 aliphatic carbocycles. The average Bonchev–Trinajstić information content (AvgIpc) is 4.10. The Morgan fingerprint density at radius 1 is 1.03 bits per heavy atom. The van der Waals surface area contributed by atoms with Gasteiger partial charge in [-0.1, -0.05) is 17.9 Å². The molecule has 64 heavy (non-hydrogen) atoms. The Bertz CT molecular complexity index is 2740. The molecule has 3 amide bonds. The van der Waals surface area contributed by atoms with Crippen molar-refractivity contribution < 1.29 is 32.6 Å². The third kappa shape index (κ3) is 8.16. The molecule has 10 rings (SSSR count). The first-order chi connectivity index (χ1) is 31.1. The monoisotopic (exact) mass is 876 g/mol. The van der Waals surface area contributed by atoms with Crippen LogP contribution in [0.4, 0.5) is 20.3 Å². The summed E-state index contributed by atoms with van der Waals surface area (Å²) in [5, 5.41) is 9.29.